The van der Waals surface area contributed by atoms with Gasteiger partial charge in [-0.2, -0.15) is 0 Å². The van der Waals surface area contributed by atoms with Crippen molar-refractivity contribution in [1.82, 2.24) is 4.98 Å². The van der Waals surface area contributed by atoms with Crippen molar-refractivity contribution < 1.29 is 4.74 Å². The summed E-state index contributed by atoms with van der Waals surface area (Å²) in [4.78, 5) is 6.58. The van der Waals surface area contributed by atoms with Crippen molar-refractivity contribution in [3.63, 3.8) is 0 Å². The molecule has 88 valence electrons. The topological polar surface area (TPSA) is 51.4 Å². The zero-order valence-electron chi connectivity index (χ0n) is 9.72. The molecular weight excluding hydrogens is 202 g/mol. The summed E-state index contributed by atoms with van der Waals surface area (Å²) >= 11 is 0. The highest BCUT2D eigenvalue weighted by atomic mass is 16.5. The van der Waals surface area contributed by atoms with Crippen molar-refractivity contribution in [2.45, 2.75) is 13.3 Å². The Kier molecular flexibility index (Phi) is 3.62. The fraction of sp³-hybridized carbons (Fsp3) is 0.583. The second-order valence-corrected chi connectivity index (χ2v) is 4.18. The maximum Gasteiger partial charge on any atom is 0.151 e. The highest BCUT2D eigenvalue weighted by molar-refractivity contribution is 5.62. The molecule has 0 radical (unpaired) electrons. The predicted octanol–water partition coefficient (Wildman–Crippen LogP) is 1.53. The number of pyridine rings is 1. The van der Waals surface area contributed by atoms with Gasteiger partial charge in [0.2, 0.25) is 0 Å². The van der Waals surface area contributed by atoms with E-state index in [2.05, 4.69) is 9.88 Å². The van der Waals surface area contributed by atoms with Crippen LogP contribution in [-0.4, -0.2) is 31.3 Å². The maximum absolute atomic E-state index is 5.91. The number of rotatable bonds is 4. The summed E-state index contributed by atoms with van der Waals surface area (Å²) < 4.78 is 5.45. The maximum atomic E-state index is 5.91. The number of nitrogens with zero attached hydrogens (tertiary/aromatic N) is 2. The fourth-order valence-corrected chi connectivity index (χ4v) is 2.12. The number of nitrogens with two attached hydrogens (primary N) is 1. The van der Waals surface area contributed by atoms with Crippen LogP contribution in [0.3, 0.4) is 0 Å². The van der Waals surface area contributed by atoms with Crippen LogP contribution in [0.5, 0.6) is 0 Å². The number of anilines is 2. The summed E-state index contributed by atoms with van der Waals surface area (Å²) in [5, 5.41) is 0. The van der Waals surface area contributed by atoms with Crippen LogP contribution in [-0.2, 0) is 4.74 Å². The van der Waals surface area contributed by atoms with E-state index in [0.717, 1.165) is 44.2 Å². The molecule has 4 heteroatoms. The van der Waals surface area contributed by atoms with Gasteiger partial charge in [0.05, 0.1) is 12.3 Å². The van der Waals surface area contributed by atoms with Gasteiger partial charge in [0.15, 0.2) is 5.82 Å². The fourth-order valence-electron chi connectivity index (χ4n) is 2.12. The lowest BCUT2D eigenvalue weighted by Gasteiger charge is -2.18. The molecule has 1 aromatic heterocycles. The minimum absolute atomic E-state index is 0.612. The Hall–Kier alpha value is -1.29. The number of aromatic nitrogens is 1. The Bertz CT molecular complexity index is 343. The first-order valence-electron chi connectivity index (χ1n) is 5.84. The Morgan fingerprint density at radius 1 is 1.62 bits per heavy atom. The van der Waals surface area contributed by atoms with Crippen molar-refractivity contribution in [3.05, 3.63) is 18.3 Å². The zero-order chi connectivity index (χ0) is 11.4. The van der Waals surface area contributed by atoms with Gasteiger partial charge in [0.25, 0.3) is 0 Å². The van der Waals surface area contributed by atoms with Gasteiger partial charge in [-0.15, -0.1) is 0 Å². The largest absolute Gasteiger partial charge is 0.396 e. The molecule has 2 heterocycles. The highest BCUT2D eigenvalue weighted by Crippen LogP contribution is 2.26. The predicted molar refractivity (Wildman–Crippen MR) is 65.5 cm³/mol. The minimum atomic E-state index is 0.612. The molecule has 4 nitrogen and oxygen atoms in total. The van der Waals surface area contributed by atoms with Crippen molar-refractivity contribution >= 4 is 11.5 Å². The zero-order valence-corrected chi connectivity index (χ0v) is 9.72. The summed E-state index contributed by atoms with van der Waals surface area (Å²) in [6.07, 6.45) is 2.96. The number of ether oxygens (including phenoxy) is 1. The molecule has 0 saturated carbocycles. The van der Waals surface area contributed by atoms with E-state index in [9.17, 15) is 0 Å². The highest BCUT2D eigenvalue weighted by Gasteiger charge is 2.24. The average Bonchev–Trinajstić information content (AvgIpc) is 2.75. The Labute approximate surface area is 96.4 Å². The third-order valence-corrected chi connectivity index (χ3v) is 2.96. The first-order chi connectivity index (χ1) is 7.81. The first kappa shape index (κ1) is 11.2. The molecule has 1 aliphatic rings. The minimum Gasteiger partial charge on any atom is -0.396 e. The molecular formula is C12H19N3O. The van der Waals surface area contributed by atoms with Gasteiger partial charge in [-0.25, -0.2) is 4.98 Å². The third kappa shape index (κ3) is 2.44. The van der Waals surface area contributed by atoms with E-state index in [1.165, 1.54) is 0 Å². The van der Waals surface area contributed by atoms with E-state index in [0.29, 0.717) is 5.92 Å². The second kappa shape index (κ2) is 5.16. The molecule has 1 fully saturated rings. The lowest BCUT2D eigenvalue weighted by molar-refractivity contribution is 0.117. The molecule has 0 spiro atoms. The third-order valence-electron chi connectivity index (χ3n) is 2.96. The molecule has 1 aromatic rings. The Balaban J connectivity index is 1.96. The van der Waals surface area contributed by atoms with Crippen molar-refractivity contribution in [1.29, 1.82) is 0 Å². The van der Waals surface area contributed by atoms with Gasteiger partial charge >= 0.3 is 0 Å². The second-order valence-electron chi connectivity index (χ2n) is 4.18. The quantitative estimate of drug-likeness (QED) is 0.837. The van der Waals surface area contributed by atoms with Crippen LogP contribution in [0.25, 0.3) is 0 Å². The van der Waals surface area contributed by atoms with Crippen LogP contribution in [0.4, 0.5) is 11.5 Å². The van der Waals surface area contributed by atoms with Crippen LogP contribution in [0.2, 0.25) is 0 Å². The molecule has 0 bridgehead atoms. The number of nitrogen functional groups attached to an aromatic ring is 1. The molecule has 1 aliphatic heterocycles. The van der Waals surface area contributed by atoms with Crippen LogP contribution in [0, 0.1) is 5.92 Å². The SMILES string of the molecule is CCOCC1CCN(c2ncccc2N)C1. The monoisotopic (exact) mass is 221 g/mol. The summed E-state index contributed by atoms with van der Waals surface area (Å²) in [5.74, 6) is 1.53. The van der Waals surface area contributed by atoms with E-state index in [-0.39, 0.29) is 0 Å². The smallest absolute Gasteiger partial charge is 0.151 e. The van der Waals surface area contributed by atoms with Gasteiger partial charge in [0.1, 0.15) is 0 Å². The van der Waals surface area contributed by atoms with E-state index in [1.807, 2.05) is 19.1 Å². The summed E-state index contributed by atoms with van der Waals surface area (Å²) in [6, 6.07) is 3.77. The van der Waals surface area contributed by atoms with Gasteiger partial charge < -0.3 is 15.4 Å². The van der Waals surface area contributed by atoms with E-state index >= 15 is 0 Å². The molecule has 2 N–H and O–H groups in total. The van der Waals surface area contributed by atoms with E-state index in [1.54, 1.807) is 6.20 Å². The molecule has 0 aliphatic carbocycles. The van der Waals surface area contributed by atoms with Crippen LogP contribution < -0.4 is 10.6 Å². The number of hydrogen-bond donors (Lipinski definition) is 1. The van der Waals surface area contributed by atoms with Crippen molar-refractivity contribution in [2.75, 3.05) is 36.9 Å². The molecule has 2 rings (SSSR count). The molecule has 1 atom stereocenters. The van der Waals surface area contributed by atoms with Gasteiger partial charge in [-0.1, -0.05) is 0 Å². The number of hydrogen-bond acceptors (Lipinski definition) is 4. The van der Waals surface area contributed by atoms with Gasteiger partial charge in [0, 0.05) is 31.8 Å². The molecule has 0 aromatic carbocycles. The van der Waals surface area contributed by atoms with Gasteiger partial charge in [-0.05, 0) is 25.5 Å². The van der Waals surface area contributed by atoms with Crippen molar-refractivity contribution in [3.8, 4) is 0 Å². The van der Waals surface area contributed by atoms with Gasteiger partial charge in [-0.3, -0.25) is 0 Å². The Morgan fingerprint density at radius 2 is 2.50 bits per heavy atom. The summed E-state index contributed by atoms with van der Waals surface area (Å²) in [5.41, 5.74) is 6.67. The lowest BCUT2D eigenvalue weighted by Crippen LogP contribution is -2.23. The Morgan fingerprint density at radius 3 is 3.25 bits per heavy atom. The normalized spacial score (nSPS) is 20.3. The van der Waals surface area contributed by atoms with Crippen molar-refractivity contribution in [2.24, 2.45) is 5.92 Å². The first-order valence-corrected chi connectivity index (χ1v) is 5.84. The van der Waals surface area contributed by atoms with Crippen LogP contribution in [0.15, 0.2) is 18.3 Å². The lowest BCUT2D eigenvalue weighted by atomic mass is 10.1. The van der Waals surface area contributed by atoms with E-state index < -0.39 is 0 Å². The van der Waals surface area contributed by atoms with E-state index in [4.69, 9.17) is 10.5 Å². The molecule has 1 unspecified atom stereocenters. The molecule has 16 heavy (non-hydrogen) atoms. The summed E-state index contributed by atoms with van der Waals surface area (Å²) in [7, 11) is 0. The average molecular weight is 221 g/mol. The van der Waals surface area contributed by atoms with Crippen LogP contribution in [0.1, 0.15) is 13.3 Å². The molecule has 1 saturated heterocycles. The molecule has 0 amide bonds. The standard InChI is InChI=1S/C12H19N3O/c1-2-16-9-10-5-7-15(8-10)12-11(13)4-3-6-14-12/h3-4,6,10H,2,5,7-9,13H2,1H3. The van der Waals surface area contributed by atoms with Crippen LogP contribution >= 0.6 is 0 Å². The summed E-state index contributed by atoms with van der Waals surface area (Å²) in [6.45, 7) is 5.70.